The van der Waals surface area contributed by atoms with E-state index in [2.05, 4.69) is 16.5 Å². The molecule has 16 heavy (non-hydrogen) atoms. The summed E-state index contributed by atoms with van der Waals surface area (Å²) in [5.74, 6) is 1.03. The van der Waals surface area contributed by atoms with Crippen LogP contribution in [0.5, 0.6) is 0 Å². The van der Waals surface area contributed by atoms with E-state index in [4.69, 9.17) is 17.3 Å². The van der Waals surface area contributed by atoms with Crippen LogP contribution in [0.2, 0.25) is 4.34 Å². The molecule has 2 N–H and O–H groups in total. The van der Waals surface area contributed by atoms with Gasteiger partial charge in [0.1, 0.15) is 11.5 Å². The molecule has 5 heteroatoms. The highest BCUT2D eigenvalue weighted by molar-refractivity contribution is 7.19. The first-order valence-electron chi connectivity index (χ1n) is 5.11. The second-order valence-electron chi connectivity index (χ2n) is 3.66. The Labute approximate surface area is 104 Å². The van der Waals surface area contributed by atoms with Gasteiger partial charge in [-0.1, -0.05) is 11.6 Å². The summed E-state index contributed by atoms with van der Waals surface area (Å²) in [6.45, 7) is 2.69. The van der Waals surface area contributed by atoms with Crippen molar-refractivity contribution < 1.29 is 0 Å². The van der Waals surface area contributed by atoms with Crippen LogP contribution in [0.15, 0.2) is 12.1 Å². The fourth-order valence-electron chi connectivity index (χ4n) is 1.67. The molecule has 0 unspecified atom stereocenters. The SMILES string of the molecule is Cc1c(-c2ccc(Cl)s2)nc(CCN)n1C. The van der Waals surface area contributed by atoms with Crippen molar-refractivity contribution in [3.05, 3.63) is 28.0 Å². The number of hydrogen-bond acceptors (Lipinski definition) is 3. The van der Waals surface area contributed by atoms with Gasteiger partial charge >= 0.3 is 0 Å². The minimum absolute atomic E-state index is 0.620. The predicted molar refractivity (Wildman–Crippen MR) is 69.0 cm³/mol. The molecule has 2 aromatic rings. The number of nitrogens with zero attached hydrogens (tertiary/aromatic N) is 2. The molecule has 0 radical (unpaired) electrons. The first-order valence-corrected chi connectivity index (χ1v) is 6.31. The number of hydrogen-bond donors (Lipinski definition) is 1. The van der Waals surface area contributed by atoms with Crippen molar-refractivity contribution in [2.45, 2.75) is 13.3 Å². The fourth-order valence-corrected chi connectivity index (χ4v) is 2.75. The minimum Gasteiger partial charge on any atom is -0.335 e. The summed E-state index contributed by atoms with van der Waals surface area (Å²) in [6, 6.07) is 3.91. The van der Waals surface area contributed by atoms with Gasteiger partial charge in [0.05, 0.1) is 9.21 Å². The van der Waals surface area contributed by atoms with Gasteiger partial charge in [-0.25, -0.2) is 4.98 Å². The highest BCUT2D eigenvalue weighted by atomic mass is 35.5. The molecule has 2 aromatic heterocycles. The molecule has 0 atom stereocenters. The van der Waals surface area contributed by atoms with Gasteiger partial charge in [-0.2, -0.15) is 0 Å². The van der Waals surface area contributed by atoms with Crippen molar-refractivity contribution in [2.75, 3.05) is 6.54 Å². The molecule has 2 heterocycles. The van der Waals surface area contributed by atoms with Crippen molar-refractivity contribution in [3.8, 4) is 10.6 Å². The van der Waals surface area contributed by atoms with Crippen LogP contribution in [0.1, 0.15) is 11.5 Å². The summed E-state index contributed by atoms with van der Waals surface area (Å²) in [5.41, 5.74) is 7.73. The Morgan fingerprint density at radius 3 is 2.81 bits per heavy atom. The summed E-state index contributed by atoms with van der Waals surface area (Å²) in [6.07, 6.45) is 0.802. The van der Waals surface area contributed by atoms with Gasteiger partial charge < -0.3 is 10.3 Å². The molecule has 0 fully saturated rings. The lowest BCUT2D eigenvalue weighted by Gasteiger charge is -2.00. The van der Waals surface area contributed by atoms with Gasteiger partial charge in [0.15, 0.2) is 0 Å². The Hall–Kier alpha value is -0.840. The lowest BCUT2D eigenvalue weighted by molar-refractivity contribution is 0.761. The van der Waals surface area contributed by atoms with Crippen LogP contribution in [0, 0.1) is 6.92 Å². The van der Waals surface area contributed by atoms with E-state index in [1.807, 2.05) is 19.2 Å². The molecular weight excluding hydrogens is 242 g/mol. The summed E-state index contributed by atoms with van der Waals surface area (Å²) in [5, 5.41) is 0. The van der Waals surface area contributed by atoms with E-state index in [1.165, 1.54) is 0 Å². The van der Waals surface area contributed by atoms with Gasteiger partial charge in [0.2, 0.25) is 0 Å². The van der Waals surface area contributed by atoms with Crippen LogP contribution in [0.3, 0.4) is 0 Å². The third-order valence-corrected chi connectivity index (χ3v) is 3.89. The lowest BCUT2D eigenvalue weighted by Crippen LogP contribution is -2.08. The molecular formula is C11H14ClN3S. The summed E-state index contributed by atoms with van der Waals surface area (Å²) < 4.78 is 2.89. The van der Waals surface area contributed by atoms with E-state index < -0.39 is 0 Å². The Balaban J connectivity index is 2.45. The van der Waals surface area contributed by atoms with E-state index in [9.17, 15) is 0 Å². The van der Waals surface area contributed by atoms with Gasteiger partial charge in [0, 0.05) is 19.2 Å². The zero-order chi connectivity index (χ0) is 11.7. The highest BCUT2D eigenvalue weighted by Crippen LogP contribution is 2.32. The van der Waals surface area contributed by atoms with Crippen molar-refractivity contribution in [3.63, 3.8) is 0 Å². The first kappa shape index (κ1) is 11.6. The molecule has 0 saturated heterocycles. The van der Waals surface area contributed by atoms with Gasteiger partial charge in [0.25, 0.3) is 0 Å². The Morgan fingerprint density at radius 1 is 1.50 bits per heavy atom. The van der Waals surface area contributed by atoms with Crippen molar-refractivity contribution in [1.82, 2.24) is 9.55 Å². The fraction of sp³-hybridized carbons (Fsp3) is 0.364. The number of rotatable bonds is 3. The third-order valence-electron chi connectivity index (χ3n) is 2.65. The first-order chi connectivity index (χ1) is 7.63. The van der Waals surface area contributed by atoms with Crippen LogP contribution < -0.4 is 5.73 Å². The van der Waals surface area contributed by atoms with Crippen LogP contribution in [-0.2, 0) is 13.5 Å². The zero-order valence-corrected chi connectivity index (χ0v) is 10.9. The van der Waals surface area contributed by atoms with E-state index in [0.29, 0.717) is 6.54 Å². The van der Waals surface area contributed by atoms with E-state index in [-0.39, 0.29) is 0 Å². The van der Waals surface area contributed by atoms with Gasteiger partial charge in [-0.3, -0.25) is 0 Å². The second kappa shape index (κ2) is 4.57. The van der Waals surface area contributed by atoms with Gasteiger partial charge in [-0.15, -0.1) is 11.3 Å². The average Bonchev–Trinajstić information content (AvgIpc) is 2.78. The molecule has 0 bridgehead atoms. The molecule has 86 valence electrons. The molecule has 0 spiro atoms. The van der Waals surface area contributed by atoms with Crippen LogP contribution in [0.4, 0.5) is 0 Å². The molecule has 0 aromatic carbocycles. The second-order valence-corrected chi connectivity index (χ2v) is 5.38. The largest absolute Gasteiger partial charge is 0.335 e. The predicted octanol–water partition coefficient (Wildman–Crippen LogP) is 2.61. The number of nitrogens with two attached hydrogens (primary N) is 1. The summed E-state index contributed by atoms with van der Waals surface area (Å²) in [7, 11) is 2.02. The Morgan fingerprint density at radius 2 is 2.25 bits per heavy atom. The maximum Gasteiger partial charge on any atom is 0.110 e. The highest BCUT2D eigenvalue weighted by Gasteiger charge is 2.13. The standard InChI is InChI=1S/C11H14ClN3S/c1-7-11(8-3-4-9(12)16-8)14-10(5-6-13)15(7)2/h3-4H,5-6,13H2,1-2H3. The van der Waals surface area contributed by atoms with E-state index >= 15 is 0 Å². The molecule has 0 aliphatic heterocycles. The maximum absolute atomic E-state index is 5.93. The van der Waals surface area contributed by atoms with Crippen molar-refractivity contribution in [2.24, 2.45) is 12.8 Å². The minimum atomic E-state index is 0.620. The van der Waals surface area contributed by atoms with E-state index in [1.54, 1.807) is 11.3 Å². The van der Waals surface area contributed by atoms with Crippen LogP contribution >= 0.6 is 22.9 Å². The summed E-state index contributed by atoms with van der Waals surface area (Å²) >= 11 is 7.49. The van der Waals surface area contributed by atoms with Crippen molar-refractivity contribution >= 4 is 22.9 Å². The molecule has 0 aliphatic carbocycles. The quantitative estimate of drug-likeness (QED) is 0.916. The van der Waals surface area contributed by atoms with E-state index in [0.717, 1.165) is 32.8 Å². The third kappa shape index (κ3) is 2.00. The molecule has 2 rings (SSSR count). The molecule has 3 nitrogen and oxygen atoms in total. The normalized spacial score (nSPS) is 11.0. The van der Waals surface area contributed by atoms with Gasteiger partial charge in [-0.05, 0) is 25.6 Å². The zero-order valence-electron chi connectivity index (χ0n) is 9.33. The molecule has 0 aliphatic rings. The van der Waals surface area contributed by atoms with Crippen LogP contribution in [0.25, 0.3) is 10.6 Å². The van der Waals surface area contributed by atoms with Crippen molar-refractivity contribution in [1.29, 1.82) is 0 Å². The lowest BCUT2D eigenvalue weighted by atomic mass is 10.3. The Bertz CT molecular complexity index is 501. The van der Waals surface area contributed by atoms with Crippen LogP contribution in [-0.4, -0.2) is 16.1 Å². The summed E-state index contributed by atoms with van der Waals surface area (Å²) in [4.78, 5) is 5.73. The monoisotopic (exact) mass is 255 g/mol. The molecule has 0 saturated carbocycles. The topological polar surface area (TPSA) is 43.8 Å². The number of halogens is 1. The number of aromatic nitrogens is 2. The Kier molecular flexibility index (Phi) is 3.33. The molecule has 0 amide bonds. The maximum atomic E-state index is 5.93. The number of imidazole rings is 1. The smallest absolute Gasteiger partial charge is 0.110 e. The average molecular weight is 256 g/mol. The number of thiophene rings is 1.